The summed E-state index contributed by atoms with van der Waals surface area (Å²) in [5, 5.41) is 2.83. The Morgan fingerprint density at radius 2 is 2.22 bits per heavy atom. The SMILES string of the molecule is CC(C)CCOCCNC(=O)C1CCC(CN)O1. The highest BCUT2D eigenvalue weighted by molar-refractivity contribution is 5.80. The van der Waals surface area contributed by atoms with E-state index in [1.54, 1.807) is 0 Å². The lowest BCUT2D eigenvalue weighted by Crippen LogP contribution is -2.37. The predicted molar refractivity (Wildman–Crippen MR) is 70.2 cm³/mol. The van der Waals surface area contributed by atoms with Crippen LogP contribution in [0.15, 0.2) is 0 Å². The van der Waals surface area contributed by atoms with E-state index in [9.17, 15) is 4.79 Å². The van der Waals surface area contributed by atoms with E-state index in [0.717, 1.165) is 25.9 Å². The summed E-state index contributed by atoms with van der Waals surface area (Å²) in [6.45, 7) is 6.67. The highest BCUT2D eigenvalue weighted by Gasteiger charge is 2.29. The maximum atomic E-state index is 11.7. The van der Waals surface area contributed by atoms with Crippen LogP contribution in [0.5, 0.6) is 0 Å². The molecule has 18 heavy (non-hydrogen) atoms. The van der Waals surface area contributed by atoms with Crippen molar-refractivity contribution in [3.05, 3.63) is 0 Å². The lowest BCUT2D eigenvalue weighted by atomic mass is 10.1. The van der Waals surface area contributed by atoms with Crippen LogP contribution in [0, 0.1) is 5.92 Å². The summed E-state index contributed by atoms with van der Waals surface area (Å²) in [7, 11) is 0. The van der Waals surface area contributed by atoms with E-state index in [2.05, 4.69) is 19.2 Å². The third kappa shape index (κ3) is 5.80. The Morgan fingerprint density at radius 1 is 1.44 bits per heavy atom. The molecule has 1 saturated heterocycles. The highest BCUT2D eigenvalue weighted by atomic mass is 16.5. The normalized spacial score (nSPS) is 23.6. The number of ether oxygens (including phenoxy) is 2. The molecule has 1 amide bonds. The molecule has 1 rings (SSSR count). The predicted octanol–water partition coefficient (Wildman–Crippen LogP) is 0.672. The number of carbonyl (C=O) groups is 1. The first kappa shape index (κ1) is 15.4. The van der Waals surface area contributed by atoms with Gasteiger partial charge < -0.3 is 20.5 Å². The summed E-state index contributed by atoms with van der Waals surface area (Å²) in [6, 6.07) is 0. The van der Waals surface area contributed by atoms with Gasteiger partial charge in [-0.3, -0.25) is 4.79 Å². The molecule has 0 aromatic rings. The first-order chi connectivity index (χ1) is 8.63. The lowest BCUT2D eigenvalue weighted by Gasteiger charge is -2.13. The second-order valence-corrected chi connectivity index (χ2v) is 5.15. The van der Waals surface area contributed by atoms with Crippen molar-refractivity contribution in [1.82, 2.24) is 5.32 Å². The first-order valence-electron chi connectivity index (χ1n) is 6.84. The quantitative estimate of drug-likeness (QED) is 0.628. The summed E-state index contributed by atoms with van der Waals surface area (Å²) in [5.74, 6) is 0.609. The number of carbonyl (C=O) groups excluding carboxylic acids is 1. The Morgan fingerprint density at radius 3 is 2.83 bits per heavy atom. The van der Waals surface area contributed by atoms with Crippen molar-refractivity contribution in [3.63, 3.8) is 0 Å². The van der Waals surface area contributed by atoms with Gasteiger partial charge in [0.15, 0.2) is 0 Å². The largest absolute Gasteiger partial charge is 0.380 e. The van der Waals surface area contributed by atoms with Gasteiger partial charge in [-0.05, 0) is 25.2 Å². The van der Waals surface area contributed by atoms with Gasteiger partial charge in [0.2, 0.25) is 5.91 Å². The number of hydrogen-bond donors (Lipinski definition) is 2. The van der Waals surface area contributed by atoms with Crippen molar-refractivity contribution in [1.29, 1.82) is 0 Å². The molecule has 0 aliphatic carbocycles. The molecule has 0 bridgehead atoms. The zero-order valence-electron chi connectivity index (χ0n) is 11.5. The number of nitrogens with two attached hydrogens (primary N) is 1. The number of amides is 1. The van der Waals surface area contributed by atoms with Gasteiger partial charge in [0.05, 0.1) is 12.7 Å². The zero-order chi connectivity index (χ0) is 13.4. The van der Waals surface area contributed by atoms with Crippen molar-refractivity contribution in [2.45, 2.75) is 45.3 Å². The van der Waals surface area contributed by atoms with Gasteiger partial charge in [-0.15, -0.1) is 0 Å². The fourth-order valence-corrected chi connectivity index (χ4v) is 1.85. The molecule has 0 aromatic carbocycles. The minimum Gasteiger partial charge on any atom is -0.380 e. The molecule has 1 aliphatic rings. The molecular formula is C13H26N2O3. The second kappa shape index (κ2) is 8.45. The summed E-state index contributed by atoms with van der Waals surface area (Å²) >= 11 is 0. The van der Waals surface area contributed by atoms with Gasteiger partial charge in [-0.25, -0.2) is 0 Å². The molecule has 2 unspecified atom stereocenters. The van der Waals surface area contributed by atoms with Gasteiger partial charge in [0.1, 0.15) is 6.10 Å². The van der Waals surface area contributed by atoms with E-state index < -0.39 is 0 Å². The molecule has 2 atom stereocenters. The van der Waals surface area contributed by atoms with Crippen molar-refractivity contribution in [3.8, 4) is 0 Å². The molecule has 5 nitrogen and oxygen atoms in total. The van der Waals surface area contributed by atoms with Crippen LogP contribution in [0.1, 0.15) is 33.1 Å². The molecular weight excluding hydrogens is 232 g/mol. The fraction of sp³-hybridized carbons (Fsp3) is 0.923. The summed E-state index contributed by atoms with van der Waals surface area (Å²) in [6.07, 6.45) is 2.41. The maximum Gasteiger partial charge on any atom is 0.249 e. The van der Waals surface area contributed by atoms with E-state index in [1.807, 2.05) is 0 Å². The Labute approximate surface area is 109 Å². The smallest absolute Gasteiger partial charge is 0.249 e. The average molecular weight is 258 g/mol. The molecule has 0 saturated carbocycles. The van der Waals surface area contributed by atoms with Crippen LogP contribution in [0.3, 0.4) is 0 Å². The van der Waals surface area contributed by atoms with Gasteiger partial charge in [-0.1, -0.05) is 13.8 Å². The van der Waals surface area contributed by atoms with Crippen LogP contribution in [-0.4, -0.2) is 44.4 Å². The Hall–Kier alpha value is -0.650. The third-order valence-corrected chi connectivity index (χ3v) is 3.05. The van der Waals surface area contributed by atoms with Crippen LogP contribution in [0.25, 0.3) is 0 Å². The van der Waals surface area contributed by atoms with E-state index in [1.165, 1.54) is 0 Å². The number of rotatable bonds is 8. The van der Waals surface area contributed by atoms with Gasteiger partial charge in [0.25, 0.3) is 0 Å². The average Bonchev–Trinajstić information content (AvgIpc) is 2.81. The van der Waals surface area contributed by atoms with E-state index in [4.69, 9.17) is 15.2 Å². The van der Waals surface area contributed by atoms with Crippen molar-refractivity contribution < 1.29 is 14.3 Å². The van der Waals surface area contributed by atoms with Crippen LogP contribution in [0.2, 0.25) is 0 Å². The number of hydrogen-bond acceptors (Lipinski definition) is 4. The van der Waals surface area contributed by atoms with Crippen LogP contribution in [-0.2, 0) is 14.3 Å². The van der Waals surface area contributed by atoms with Crippen LogP contribution >= 0.6 is 0 Å². The number of nitrogens with one attached hydrogen (secondary N) is 1. The van der Waals surface area contributed by atoms with Crippen molar-refractivity contribution in [2.24, 2.45) is 11.7 Å². The van der Waals surface area contributed by atoms with Crippen LogP contribution < -0.4 is 11.1 Å². The van der Waals surface area contributed by atoms with E-state index in [0.29, 0.717) is 25.6 Å². The molecule has 5 heteroatoms. The zero-order valence-corrected chi connectivity index (χ0v) is 11.5. The van der Waals surface area contributed by atoms with Gasteiger partial charge in [-0.2, -0.15) is 0 Å². The molecule has 1 heterocycles. The lowest BCUT2D eigenvalue weighted by molar-refractivity contribution is -0.132. The monoisotopic (exact) mass is 258 g/mol. The summed E-state index contributed by atoms with van der Waals surface area (Å²) in [4.78, 5) is 11.7. The Kier molecular flexibility index (Phi) is 7.23. The molecule has 0 spiro atoms. The van der Waals surface area contributed by atoms with E-state index in [-0.39, 0.29) is 18.1 Å². The third-order valence-electron chi connectivity index (χ3n) is 3.05. The van der Waals surface area contributed by atoms with Gasteiger partial charge >= 0.3 is 0 Å². The highest BCUT2D eigenvalue weighted by Crippen LogP contribution is 2.18. The molecule has 0 aromatic heterocycles. The minimum absolute atomic E-state index is 0.0431. The van der Waals surface area contributed by atoms with Crippen LogP contribution in [0.4, 0.5) is 0 Å². The molecule has 106 valence electrons. The maximum absolute atomic E-state index is 11.7. The van der Waals surface area contributed by atoms with Gasteiger partial charge in [0, 0.05) is 19.7 Å². The topological polar surface area (TPSA) is 73.6 Å². The Bertz CT molecular complexity index is 246. The minimum atomic E-state index is -0.325. The summed E-state index contributed by atoms with van der Waals surface area (Å²) in [5.41, 5.74) is 5.50. The first-order valence-corrected chi connectivity index (χ1v) is 6.84. The molecule has 0 radical (unpaired) electrons. The molecule has 1 fully saturated rings. The summed E-state index contributed by atoms with van der Waals surface area (Å²) < 4.78 is 10.9. The molecule has 1 aliphatic heterocycles. The van der Waals surface area contributed by atoms with E-state index >= 15 is 0 Å². The second-order valence-electron chi connectivity index (χ2n) is 5.15. The van der Waals surface area contributed by atoms with Crippen molar-refractivity contribution in [2.75, 3.05) is 26.3 Å². The standard InChI is InChI=1S/C13H26N2O3/c1-10(2)5-7-17-8-6-15-13(16)12-4-3-11(9-14)18-12/h10-12H,3-9,14H2,1-2H3,(H,15,16). The Balaban J connectivity index is 2.00. The van der Waals surface area contributed by atoms with Crippen molar-refractivity contribution >= 4 is 5.91 Å². The molecule has 3 N–H and O–H groups in total. The fourth-order valence-electron chi connectivity index (χ4n) is 1.85.